The van der Waals surface area contributed by atoms with Crippen LogP contribution in [-0.4, -0.2) is 30.3 Å². The number of thiol groups is 1. The largest absolute Gasteiger partial charge is 0.303 e. The minimum absolute atomic E-state index is 0.721. The summed E-state index contributed by atoms with van der Waals surface area (Å²) in [6.07, 6.45) is 3.83. The molecule has 0 spiro atoms. The maximum atomic E-state index is 4.36. The minimum Gasteiger partial charge on any atom is -0.303 e. The van der Waals surface area contributed by atoms with Crippen LogP contribution < -0.4 is 0 Å². The third-order valence-corrected chi connectivity index (χ3v) is 3.36. The van der Waals surface area contributed by atoms with Crippen molar-refractivity contribution in [3.8, 4) is 0 Å². The van der Waals surface area contributed by atoms with Crippen molar-refractivity contribution >= 4 is 12.6 Å². The van der Waals surface area contributed by atoms with Gasteiger partial charge in [-0.2, -0.15) is 12.6 Å². The van der Waals surface area contributed by atoms with Crippen molar-refractivity contribution in [1.29, 1.82) is 0 Å². The number of hydrogen-bond donors (Lipinski definition) is 1. The van der Waals surface area contributed by atoms with Crippen molar-refractivity contribution < 1.29 is 0 Å². The topological polar surface area (TPSA) is 3.24 Å². The molecule has 0 aliphatic carbocycles. The van der Waals surface area contributed by atoms with Crippen LogP contribution in [0.5, 0.6) is 0 Å². The molecule has 0 saturated carbocycles. The average Bonchev–Trinajstić information content (AvgIpc) is 2.14. The second kappa shape index (κ2) is 7.69. The Balaban J connectivity index is 3.75. The Hall–Kier alpha value is 0.310. The Kier molecular flexibility index (Phi) is 7.87. The first-order valence-corrected chi connectivity index (χ1v) is 6.09. The monoisotopic (exact) mass is 203 g/mol. The summed E-state index contributed by atoms with van der Waals surface area (Å²) in [5.41, 5.74) is 0. The van der Waals surface area contributed by atoms with Gasteiger partial charge >= 0.3 is 0 Å². The van der Waals surface area contributed by atoms with Gasteiger partial charge < -0.3 is 4.90 Å². The van der Waals surface area contributed by atoms with E-state index in [2.05, 4.69) is 45.3 Å². The smallest absolute Gasteiger partial charge is 0.00639 e. The highest BCUT2D eigenvalue weighted by Gasteiger charge is 2.12. The molecule has 0 N–H and O–H groups in total. The SMILES string of the molecule is CCCC(C)N(C)CC(CC)CS. The highest BCUT2D eigenvalue weighted by atomic mass is 32.1. The Labute approximate surface area is 89.3 Å². The van der Waals surface area contributed by atoms with Gasteiger partial charge in [-0.05, 0) is 32.1 Å². The molecule has 0 aliphatic rings. The number of nitrogens with zero attached hydrogens (tertiary/aromatic N) is 1. The summed E-state index contributed by atoms with van der Waals surface area (Å²) in [4.78, 5) is 2.47. The summed E-state index contributed by atoms with van der Waals surface area (Å²) < 4.78 is 0. The molecule has 0 aromatic carbocycles. The summed E-state index contributed by atoms with van der Waals surface area (Å²) in [5.74, 6) is 1.77. The van der Waals surface area contributed by atoms with Crippen molar-refractivity contribution in [2.75, 3.05) is 19.3 Å². The number of hydrogen-bond acceptors (Lipinski definition) is 2. The first kappa shape index (κ1) is 13.3. The maximum absolute atomic E-state index is 4.36. The Morgan fingerprint density at radius 3 is 2.31 bits per heavy atom. The van der Waals surface area contributed by atoms with Crippen LogP contribution in [-0.2, 0) is 0 Å². The van der Waals surface area contributed by atoms with E-state index in [1.165, 1.54) is 25.8 Å². The molecule has 2 heteroatoms. The fourth-order valence-corrected chi connectivity index (χ4v) is 1.91. The summed E-state index contributed by atoms with van der Waals surface area (Å²) in [6.45, 7) is 8.01. The lowest BCUT2D eigenvalue weighted by atomic mass is 10.1. The molecular weight excluding hydrogens is 178 g/mol. The van der Waals surface area contributed by atoms with Gasteiger partial charge in [0.15, 0.2) is 0 Å². The van der Waals surface area contributed by atoms with E-state index in [0.29, 0.717) is 0 Å². The van der Waals surface area contributed by atoms with E-state index < -0.39 is 0 Å². The van der Waals surface area contributed by atoms with Crippen LogP contribution in [0.15, 0.2) is 0 Å². The predicted octanol–water partition coefficient (Wildman–Crippen LogP) is 3.06. The Morgan fingerprint density at radius 1 is 1.31 bits per heavy atom. The molecule has 2 unspecified atom stereocenters. The molecule has 80 valence electrons. The Morgan fingerprint density at radius 2 is 1.92 bits per heavy atom. The van der Waals surface area contributed by atoms with Gasteiger partial charge in [0.2, 0.25) is 0 Å². The van der Waals surface area contributed by atoms with E-state index in [1.54, 1.807) is 0 Å². The van der Waals surface area contributed by atoms with Gasteiger partial charge in [0.25, 0.3) is 0 Å². The molecule has 0 fully saturated rings. The van der Waals surface area contributed by atoms with Gasteiger partial charge in [0, 0.05) is 12.6 Å². The second-order valence-corrected chi connectivity index (χ2v) is 4.40. The predicted molar refractivity (Wildman–Crippen MR) is 64.6 cm³/mol. The molecule has 0 aromatic rings. The van der Waals surface area contributed by atoms with Crippen LogP contribution in [0.4, 0.5) is 0 Å². The van der Waals surface area contributed by atoms with Gasteiger partial charge in [-0.25, -0.2) is 0 Å². The van der Waals surface area contributed by atoms with Crippen LogP contribution in [0.2, 0.25) is 0 Å². The summed E-state index contributed by atoms with van der Waals surface area (Å²) >= 11 is 4.36. The lowest BCUT2D eigenvalue weighted by Crippen LogP contribution is -2.33. The normalized spacial score (nSPS) is 16.2. The van der Waals surface area contributed by atoms with Crippen LogP contribution in [0, 0.1) is 5.92 Å². The molecule has 0 heterocycles. The summed E-state index contributed by atoms with van der Waals surface area (Å²) in [5, 5.41) is 0. The number of rotatable bonds is 7. The van der Waals surface area contributed by atoms with Crippen LogP contribution in [0.25, 0.3) is 0 Å². The van der Waals surface area contributed by atoms with E-state index in [-0.39, 0.29) is 0 Å². The molecular formula is C11H25NS. The van der Waals surface area contributed by atoms with Crippen LogP contribution in [0.3, 0.4) is 0 Å². The van der Waals surface area contributed by atoms with Gasteiger partial charge in [-0.15, -0.1) is 0 Å². The van der Waals surface area contributed by atoms with Crippen LogP contribution in [0.1, 0.15) is 40.0 Å². The molecule has 0 aliphatic heterocycles. The van der Waals surface area contributed by atoms with Gasteiger partial charge in [-0.3, -0.25) is 0 Å². The standard InChI is InChI=1S/C11H25NS/c1-5-7-10(3)12(4)8-11(6-2)9-13/h10-11,13H,5-9H2,1-4H3. The van der Waals surface area contributed by atoms with E-state index in [1.807, 2.05) is 0 Å². The van der Waals surface area contributed by atoms with Crippen LogP contribution >= 0.6 is 12.6 Å². The van der Waals surface area contributed by atoms with E-state index in [9.17, 15) is 0 Å². The molecule has 1 nitrogen and oxygen atoms in total. The highest BCUT2D eigenvalue weighted by molar-refractivity contribution is 7.80. The zero-order chi connectivity index (χ0) is 10.3. The molecule has 0 saturated heterocycles. The quantitative estimate of drug-likeness (QED) is 0.622. The van der Waals surface area contributed by atoms with E-state index in [0.717, 1.165) is 17.7 Å². The third kappa shape index (κ3) is 5.58. The molecule has 0 aromatic heterocycles. The molecule has 0 bridgehead atoms. The second-order valence-electron chi connectivity index (χ2n) is 4.03. The zero-order valence-electron chi connectivity index (χ0n) is 9.58. The Bertz CT molecular complexity index is 113. The fraction of sp³-hybridized carbons (Fsp3) is 1.00. The molecule has 13 heavy (non-hydrogen) atoms. The lowest BCUT2D eigenvalue weighted by molar-refractivity contribution is 0.213. The van der Waals surface area contributed by atoms with Gasteiger partial charge in [0.1, 0.15) is 0 Å². The van der Waals surface area contributed by atoms with Crippen molar-refractivity contribution in [2.45, 2.75) is 46.1 Å². The van der Waals surface area contributed by atoms with Crippen molar-refractivity contribution in [3.05, 3.63) is 0 Å². The third-order valence-electron chi connectivity index (χ3n) is 2.84. The van der Waals surface area contributed by atoms with Gasteiger partial charge in [0.05, 0.1) is 0 Å². The molecule has 2 atom stereocenters. The molecule has 0 rings (SSSR count). The van der Waals surface area contributed by atoms with E-state index in [4.69, 9.17) is 0 Å². The van der Waals surface area contributed by atoms with Crippen molar-refractivity contribution in [2.24, 2.45) is 5.92 Å². The molecule has 0 radical (unpaired) electrons. The molecule has 0 amide bonds. The highest BCUT2D eigenvalue weighted by Crippen LogP contribution is 2.11. The van der Waals surface area contributed by atoms with Crippen molar-refractivity contribution in [1.82, 2.24) is 4.90 Å². The zero-order valence-corrected chi connectivity index (χ0v) is 10.5. The average molecular weight is 203 g/mol. The lowest BCUT2D eigenvalue weighted by Gasteiger charge is -2.27. The van der Waals surface area contributed by atoms with E-state index >= 15 is 0 Å². The fourth-order valence-electron chi connectivity index (χ4n) is 1.54. The summed E-state index contributed by atoms with van der Waals surface area (Å²) in [7, 11) is 2.23. The maximum Gasteiger partial charge on any atom is 0.00639 e. The first-order chi connectivity index (χ1) is 6.15. The summed E-state index contributed by atoms with van der Waals surface area (Å²) in [6, 6.07) is 0.721. The van der Waals surface area contributed by atoms with Gasteiger partial charge in [-0.1, -0.05) is 26.7 Å². The first-order valence-electron chi connectivity index (χ1n) is 5.46. The minimum atomic E-state index is 0.721. The van der Waals surface area contributed by atoms with Crippen molar-refractivity contribution in [3.63, 3.8) is 0 Å².